The van der Waals surface area contributed by atoms with E-state index in [4.69, 9.17) is 16.3 Å². The second-order valence-electron chi connectivity index (χ2n) is 6.99. The zero-order chi connectivity index (χ0) is 21.6. The van der Waals surface area contributed by atoms with Crippen molar-refractivity contribution in [1.82, 2.24) is 5.32 Å². The van der Waals surface area contributed by atoms with Gasteiger partial charge in [-0.3, -0.25) is 9.10 Å². The minimum Gasteiger partial charge on any atom is -0.491 e. The van der Waals surface area contributed by atoms with Gasteiger partial charge in [0.1, 0.15) is 11.8 Å². The number of hydrogen-bond acceptors (Lipinski definition) is 4. The van der Waals surface area contributed by atoms with Crippen molar-refractivity contribution in [2.45, 2.75) is 45.9 Å². The third kappa shape index (κ3) is 6.65. The summed E-state index contributed by atoms with van der Waals surface area (Å²) in [4.78, 5) is 12.9. The van der Waals surface area contributed by atoms with Crippen molar-refractivity contribution >= 4 is 33.2 Å². The molecule has 0 saturated carbocycles. The third-order valence-electron chi connectivity index (χ3n) is 4.13. The van der Waals surface area contributed by atoms with Crippen LogP contribution in [0.2, 0.25) is 5.02 Å². The molecule has 158 valence electrons. The van der Waals surface area contributed by atoms with Gasteiger partial charge in [0.15, 0.2) is 0 Å². The van der Waals surface area contributed by atoms with Gasteiger partial charge in [0, 0.05) is 11.6 Å². The molecular formula is C21H27ClN2O4S. The summed E-state index contributed by atoms with van der Waals surface area (Å²) in [6.45, 7) is 5.91. The van der Waals surface area contributed by atoms with E-state index in [2.05, 4.69) is 5.32 Å². The number of nitrogens with one attached hydrogen (secondary N) is 1. The van der Waals surface area contributed by atoms with Gasteiger partial charge in [0.05, 0.1) is 18.0 Å². The lowest BCUT2D eigenvalue weighted by atomic mass is 10.1. The lowest BCUT2D eigenvalue weighted by molar-refractivity contribution is -0.122. The van der Waals surface area contributed by atoms with Crippen LogP contribution in [0.5, 0.6) is 5.75 Å². The van der Waals surface area contributed by atoms with Crippen LogP contribution in [0.25, 0.3) is 0 Å². The maximum Gasteiger partial charge on any atom is 0.244 e. The van der Waals surface area contributed by atoms with Crippen molar-refractivity contribution in [2.24, 2.45) is 0 Å². The average Bonchev–Trinajstić information content (AvgIpc) is 2.62. The molecule has 8 heteroatoms. The van der Waals surface area contributed by atoms with Crippen LogP contribution in [-0.2, 0) is 21.4 Å². The fourth-order valence-electron chi connectivity index (χ4n) is 2.98. The van der Waals surface area contributed by atoms with E-state index in [1.165, 1.54) is 6.07 Å². The van der Waals surface area contributed by atoms with Crippen molar-refractivity contribution in [1.29, 1.82) is 0 Å². The number of sulfonamides is 1. The Hall–Kier alpha value is -2.25. The molecule has 1 atom stereocenters. The molecule has 2 aromatic carbocycles. The molecule has 2 aromatic rings. The first-order valence-electron chi connectivity index (χ1n) is 9.40. The first-order chi connectivity index (χ1) is 13.6. The molecular weight excluding hydrogens is 412 g/mol. The zero-order valence-corrected chi connectivity index (χ0v) is 18.6. The van der Waals surface area contributed by atoms with Gasteiger partial charge in [0.2, 0.25) is 15.9 Å². The van der Waals surface area contributed by atoms with Crippen LogP contribution in [0.4, 0.5) is 5.69 Å². The average molecular weight is 439 g/mol. The quantitative estimate of drug-likeness (QED) is 0.642. The molecule has 0 aliphatic rings. The van der Waals surface area contributed by atoms with Crippen LogP contribution < -0.4 is 14.4 Å². The molecule has 0 aliphatic carbocycles. The summed E-state index contributed by atoms with van der Waals surface area (Å²) in [7, 11) is -3.70. The van der Waals surface area contributed by atoms with Gasteiger partial charge in [0.25, 0.3) is 0 Å². The summed E-state index contributed by atoms with van der Waals surface area (Å²) in [5.41, 5.74) is 1.22. The van der Waals surface area contributed by atoms with Crippen molar-refractivity contribution in [3.8, 4) is 5.75 Å². The molecule has 0 heterocycles. The third-order valence-corrected chi connectivity index (χ3v) is 5.54. The molecule has 1 N–H and O–H groups in total. The van der Waals surface area contributed by atoms with E-state index in [0.29, 0.717) is 17.1 Å². The number of nitrogens with zero attached hydrogens (tertiary/aromatic N) is 1. The smallest absolute Gasteiger partial charge is 0.244 e. The number of hydrogen-bond donors (Lipinski definition) is 1. The van der Waals surface area contributed by atoms with Crippen molar-refractivity contribution in [3.63, 3.8) is 0 Å². The zero-order valence-electron chi connectivity index (χ0n) is 17.1. The van der Waals surface area contributed by atoms with E-state index < -0.39 is 16.1 Å². The second kappa shape index (κ2) is 9.98. The predicted molar refractivity (Wildman–Crippen MR) is 117 cm³/mol. The number of amides is 1. The Morgan fingerprint density at radius 3 is 2.45 bits per heavy atom. The van der Waals surface area contributed by atoms with E-state index >= 15 is 0 Å². The van der Waals surface area contributed by atoms with Crippen LogP contribution in [0, 0.1) is 0 Å². The Kier molecular flexibility index (Phi) is 7.93. The van der Waals surface area contributed by atoms with Crippen LogP contribution in [0.3, 0.4) is 0 Å². The summed E-state index contributed by atoms with van der Waals surface area (Å²) in [5.74, 6) is 0.337. The number of halogens is 1. The van der Waals surface area contributed by atoms with Crippen LogP contribution in [0.1, 0.15) is 32.8 Å². The van der Waals surface area contributed by atoms with E-state index in [9.17, 15) is 13.2 Å². The maximum absolute atomic E-state index is 12.9. The van der Waals surface area contributed by atoms with Gasteiger partial charge in [-0.1, -0.05) is 36.7 Å². The molecule has 0 bridgehead atoms. The second-order valence-corrected chi connectivity index (χ2v) is 9.29. The fourth-order valence-corrected chi connectivity index (χ4v) is 4.37. The molecule has 0 saturated heterocycles. The van der Waals surface area contributed by atoms with Crippen LogP contribution >= 0.6 is 11.6 Å². The van der Waals surface area contributed by atoms with Gasteiger partial charge >= 0.3 is 0 Å². The molecule has 0 aliphatic heterocycles. The summed E-state index contributed by atoms with van der Waals surface area (Å²) in [6.07, 6.45) is 1.43. The molecule has 6 nitrogen and oxygen atoms in total. The highest BCUT2D eigenvalue weighted by atomic mass is 35.5. The van der Waals surface area contributed by atoms with Crippen molar-refractivity contribution < 1.29 is 17.9 Å². The van der Waals surface area contributed by atoms with E-state index in [1.54, 1.807) is 25.1 Å². The molecule has 0 fully saturated rings. The lowest BCUT2D eigenvalue weighted by Crippen LogP contribution is -2.49. The first kappa shape index (κ1) is 23.0. The number of carbonyl (C=O) groups excluding carboxylic acids is 1. The Labute approximate surface area is 177 Å². The SMILES string of the molecule is CC[C@H](C(=O)NCc1cccc(OC(C)C)c1)N(c1cccc(Cl)c1)S(C)(=O)=O. The molecule has 1 amide bonds. The van der Waals surface area contributed by atoms with Crippen LogP contribution in [-0.4, -0.2) is 32.7 Å². The summed E-state index contributed by atoms with van der Waals surface area (Å²) in [6, 6.07) is 13.0. The Balaban J connectivity index is 2.20. The van der Waals surface area contributed by atoms with Gasteiger partial charge in [-0.25, -0.2) is 8.42 Å². The Bertz CT molecular complexity index is 947. The highest BCUT2D eigenvalue weighted by Crippen LogP contribution is 2.25. The van der Waals surface area contributed by atoms with Crippen molar-refractivity contribution in [2.75, 3.05) is 10.6 Å². The Morgan fingerprint density at radius 1 is 1.17 bits per heavy atom. The Morgan fingerprint density at radius 2 is 1.86 bits per heavy atom. The monoisotopic (exact) mass is 438 g/mol. The number of carbonyl (C=O) groups is 1. The molecule has 29 heavy (non-hydrogen) atoms. The van der Waals surface area contributed by atoms with Crippen LogP contribution in [0.15, 0.2) is 48.5 Å². The van der Waals surface area contributed by atoms with Gasteiger partial charge in [-0.05, 0) is 56.2 Å². The number of anilines is 1. The van der Waals surface area contributed by atoms with Gasteiger partial charge in [-0.15, -0.1) is 0 Å². The number of rotatable bonds is 9. The molecule has 0 aromatic heterocycles. The molecule has 0 radical (unpaired) electrons. The first-order valence-corrected chi connectivity index (χ1v) is 11.6. The minimum atomic E-state index is -3.70. The normalized spacial score (nSPS) is 12.5. The molecule has 0 unspecified atom stereocenters. The van der Waals surface area contributed by atoms with Crippen molar-refractivity contribution in [3.05, 3.63) is 59.1 Å². The van der Waals surface area contributed by atoms with Gasteiger partial charge in [-0.2, -0.15) is 0 Å². The summed E-state index contributed by atoms with van der Waals surface area (Å²) >= 11 is 6.02. The fraction of sp³-hybridized carbons (Fsp3) is 0.381. The minimum absolute atomic E-state index is 0.0466. The van der Waals surface area contributed by atoms with E-state index in [1.807, 2.05) is 38.1 Å². The summed E-state index contributed by atoms with van der Waals surface area (Å²) < 4.78 is 31.7. The number of benzene rings is 2. The maximum atomic E-state index is 12.9. The van der Waals surface area contributed by atoms with E-state index in [-0.39, 0.29) is 18.6 Å². The molecule has 0 spiro atoms. The lowest BCUT2D eigenvalue weighted by Gasteiger charge is -2.30. The topological polar surface area (TPSA) is 75.7 Å². The molecule has 2 rings (SSSR count). The van der Waals surface area contributed by atoms with Gasteiger partial charge < -0.3 is 10.1 Å². The number of ether oxygens (including phenoxy) is 1. The summed E-state index contributed by atoms with van der Waals surface area (Å²) in [5, 5.41) is 3.23. The largest absolute Gasteiger partial charge is 0.491 e. The highest BCUT2D eigenvalue weighted by Gasteiger charge is 2.31. The predicted octanol–water partition coefficient (Wildman–Crippen LogP) is 3.99. The van der Waals surface area contributed by atoms with E-state index in [0.717, 1.165) is 21.9 Å². The standard InChI is InChI=1S/C21H27ClN2O4S/c1-5-20(24(29(4,26)27)18-10-7-9-17(22)13-18)21(25)23-14-16-8-6-11-19(12-16)28-15(2)3/h6-13,15,20H,5,14H2,1-4H3,(H,23,25)/t20-/m1/s1. The highest BCUT2D eigenvalue weighted by molar-refractivity contribution is 7.92.